The number of aryl methyl sites for hydroxylation is 2. The summed E-state index contributed by atoms with van der Waals surface area (Å²) in [5.74, 6) is 0.717. The zero-order valence-electron chi connectivity index (χ0n) is 13.7. The van der Waals surface area contributed by atoms with Gasteiger partial charge >= 0.3 is 0 Å². The van der Waals surface area contributed by atoms with Crippen LogP contribution < -0.4 is 5.32 Å². The van der Waals surface area contributed by atoms with E-state index in [9.17, 15) is 4.79 Å². The minimum atomic E-state index is -0.363. The van der Waals surface area contributed by atoms with E-state index >= 15 is 0 Å². The lowest BCUT2D eigenvalue weighted by molar-refractivity contribution is -0.115. The van der Waals surface area contributed by atoms with Gasteiger partial charge in [0.05, 0.1) is 11.5 Å². The Hall–Kier alpha value is -2.54. The van der Waals surface area contributed by atoms with Gasteiger partial charge in [-0.1, -0.05) is 17.8 Å². The highest BCUT2D eigenvalue weighted by Crippen LogP contribution is 2.28. The van der Waals surface area contributed by atoms with E-state index in [1.165, 1.54) is 29.3 Å². The summed E-state index contributed by atoms with van der Waals surface area (Å²) in [7, 11) is 0. The molecule has 3 aromatic rings. The van der Waals surface area contributed by atoms with Crippen LogP contribution >= 0.6 is 11.8 Å². The fourth-order valence-corrected chi connectivity index (χ4v) is 3.54. The Labute approximate surface area is 149 Å². The second-order valence-corrected chi connectivity index (χ2v) is 7.23. The van der Waals surface area contributed by atoms with Crippen LogP contribution in [0.4, 0.5) is 5.69 Å². The maximum atomic E-state index is 12.4. The van der Waals surface area contributed by atoms with Crippen molar-refractivity contribution in [2.75, 3.05) is 5.32 Å². The number of fused-ring (bicyclic) bond motifs is 1. The number of furan rings is 1. The number of rotatable bonds is 5. The lowest BCUT2D eigenvalue weighted by Gasteiger charge is -2.11. The van der Waals surface area contributed by atoms with E-state index in [1.807, 2.05) is 13.0 Å². The first-order valence-corrected chi connectivity index (χ1v) is 9.04. The topological polar surface area (TPSA) is 81.2 Å². The lowest BCUT2D eigenvalue weighted by Crippen LogP contribution is -2.22. The number of nitrogens with zero attached hydrogens (tertiary/aromatic N) is 2. The van der Waals surface area contributed by atoms with Crippen molar-refractivity contribution in [3.63, 3.8) is 0 Å². The van der Waals surface area contributed by atoms with Crippen LogP contribution in [0, 0.1) is 0 Å². The smallest absolute Gasteiger partial charge is 0.284 e. The molecule has 1 N–H and O–H groups in total. The van der Waals surface area contributed by atoms with Gasteiger partial charge in [-0.15, -0.1) is 10.2 Å². The highest BCUT2D eigenvalue weighted by molar-refractivity contribution is 8.00. The first kappa shape index (κ1) is 16.0. The van der Waals surface area contributed by atoms with Crippen LogP contribution in [-0.4, -0.2) is 21.4 Å². The molecule has 1 aliphatic rings. The van der Waals surface area contributed by atoms with E-state index in [0.29, 0.717) is 16.9 Å². The summed E-state index contributed by atoms with van der Waals surface area (Å²) in [5.41, 5.74) is 3.55. The number of carbonyl (C=O) groups is 1. The van der Waals surface area contributed by atoms with E-state index in [-0.39, 0.29) is 11.2 Å². The number of amides is 1. The first-order valence-electron chi connectivity index (χ1n) is 8.16. The van der Waals surface area contributed by atoms with Crippen molar-refractivity contribution in [2.24, 2.45) is 0 Å². The molecule has 0 saturated heterocycles. The fraction of sp³-hybridized carbons (Fsp3) is 0.278. The molecule has 0 spiro atoms. The molecule has 25 heavy (non-hydrogen) atoms. The Kier molecular flexibility index (Phi) is 4.31. The summed E-state index contributed by atoms with van der Waals surface area (Å²) in [4.78, 5) is 12.4. The minimum Gasteiger partial charge on any atom is -0.459 e. The zero-order chi connectivity index (χ0) is 17.2. The largest absolute Gasteiger partial charge is 0.459 e. The molecule has 7 heteroatoms. The summed E-state index contributed by atoms with van der Waals surface area (Å²) in [6, 6.07) is 9.62. The van der Waals surface area contributed by atoms with Gasteiger partial charge in [-0.05, 0) is 61.6 Å². The summed E-state index contributed by atoms with van der Waals surface area (Å²) in [5, 5.41) is 10.8. The minimum absolute atomic E-state index is 0.0966. The molecule has 1 aromatic carbocycles. The average molecular weight is 355 g/mol. The number of aromatic nitrogens is 2. The van der Waals surface area contributed by atoms with Gasteiger partial charge in [-0.3, -0.25) is 4.79 Å². The molecule has 0 fully saturated rings. The van der Waals surface area contributed by atoms with Gasteiger partial charge in [0.15, 0.2) is 5.76 Å². The van der Waals surface area contributed by atoms with Crippen LogP contribution in [0.2, 0.25) is 0 Å². The molecular formula is C18H17N3O3S. The third-order valence-electron chi connectivity index (χ3n) is 4.15. The van der Waals surface area contributed by atoms with Gasteiger partial charge in [-0.2, -0.15) is 0 Å². The number of benzene rings is 1. The molecule has 1 atom stereocenters. The molecule has 4 rings (SSSR count). The molecule has 2 aromatic heterocycles. The molecule has 0 aliphatic heterocycles. The van der Waals surface area contributed by atoms with Crippen LogP contribution in [0.3, 0.4) is 0 Å². The van der Waals surface area contributed by atoms with E-state index in [2.05, 4.69) is 27.6 Å². The maximum Gasteiger partial charge on any atom is 0.284 e. The molecule has 0 unspecified atom stereocenters. The Morgan fingerprint density at radius 3 is 2.96 bits per heavy atom. The predicted octanol–water partition coefficient (Wildman–Crippen LogP) is 3.94. The van der Waals surface area contributed by atoms with E-state index in [4.69, 9.17) is 8.83 Å². The second-order valence-electron chi connectivity index (χ2n) is 5.94. The maximum absolute atomic E-state index is 12.4. The average Bonchev–Trinajstić information content (AvgIpc) is 3.35. The molecule has 1 amide bonds. The number of hydrogen-bond acceptors (Lipinski definition) is 6. The molecule has 128 valence electrons. The zero-order valence-corrected chi connectivity index (χ0v) is 14.5. The third kappa shape index (κ3) is 3.46. The number of thioether (sulfide) groups is 1. The van der Waals surface area contributed by atoms with Gasteiger partial charge < -0.3 is 14.2 Å². The van der Waals surface area contributed by atoms with Gasteiger partial charge in [-0.25, -0.2) is 0 Å². The molecular weight excluding hydrogens is 338 g/mol. The monoisotopic (exact) mass is 355 g/mol. The van der Waals surface area contributed by atoms with Crippen molar-refractivity contribution in [3.05, 3.63) is 47.7 Å². The van der Waals surface area contributed by atoms with Gasteiger partial charge in [0.2, 0.25) is 5.91 Å². The Bertz CT molecular complexity index is 889. The highest BCUT2D eigenvalue weighted by Gasteiger charge is 2.20. The van der Waals surface area contributed by atoms with E-state index in [0.717, 1.165) is 18.5 Å². The van der Waals surface area contributed by atoms with Crippen LogP contribution in [0.15, 0.2) is 50.7 Å². The summed E-state index contributed by atoms with van der Waals surface area (Å²) in [6.45, 7) is 1.81. The molecule has 0 radical (unpaired) electrons. The van der Waals surface area contributed by atoms with Gasteiger partial charge in [0, 0.05) is 5.69 Å². The van der Waals surface area contributed by atoms with Gasteiger partial charge in [0.1, 0.15) is 0 Å². The lowest BCUT2D eigenvalue weighted by atomic mass is 10.1. The van der Waals surface area contributed by atoms with Crippen molar-refractivity contribution in [1.29, 1.82) is 0 Å². The first-order chi connectivity index (χ1) is 12.2. The Balaban J connectivity index is 1.39. The van der Waals surface area contributed by atoms with Crippen LogP contribution in [0.5, 0.6) is 0 Å². The van der Waals surface area contributed by atoms with Crippen molar-refractivity contribution < 1.29 is 13.6 Å². The van der Waals surface area contributed by atoms with E-state index in [1.54, 1.807) is 18.4 Å². The summed E-state index contributed by atoms with van der Waals surface area (Å²) >= 11 is 1.22. The fourth-order valence-electron chi connectivity index (χ4n) is 2.86. The van der Waals surface area contributed by atoms with Gasteiger partial charge in [0.25, 0.3) is 11.1 Å². The quantitative estimate of drug-likeness (QED) is 0.698. The summed E-state index contributed by atoms with van der Waals surface area (Å²) < 4.78 is 10.7. The Morgan fingerprint density at radius 2 is 2.12 bits per heavy atom. The molecule has 6 nitrogen and oxygen atoms in total. The van der Waals surface area contributed by atoms with Crippen molar-refractivity contribution >= 4 is 23.4 Å². The number of carbonyl (C=O) groups excluding carboxylic acids is 1. The standard InChI is InChI=1S/C18H17N3O3S/c1-11(25-18-21-20-17(24-18)15-6-3-9-23-15)16(22)19-14-8-7-12-4-2-5-13(12)10-14/h3,6-11H,2,4-5H2,1H3,(H,19,22)/t11-/m0/s1. The number of nitrogens with one attached hydrogen (secondary N) is 1. The molecule has 0 bridgehead atoms. The second kappa shape index (κ2) is 6.76. The highest BCUT2D eigenvalue weighted by atomic mass is 32.2. The van der Waals surface area contributed by atoms with Crippen LogP contribution in [0.1, 0.15) is 24.5 Å². The third-order valence-corrected chi connectivity index (χ3v) is 5.09. The number of hydrogen-bond donors (Lipinski definition) is 1. The van der Waals surface area contributed by atoms with Crippen LogP contribution in [-0.2, 0) is 17.6 Å². The normalized spacial score (nSPS) is 14.3. The van der Waals surface area contributed by atoms with E-state index < -0.39 is 0 Å². The van der Waals surface area contributed by atoms with Crippen molar-refractivity contribution in [2.45, 2.75) is 36.7 Å². The Morgan fingerprint density at radius 1 is 1.24 bits per heavy atom. The van der Waals surface area contributed by atoms with Crippen molar-refractivity contribution in [1.82, 2.24) is 10.2 Å². The molecule has 1 aliphatic carbocycles. The number of anilines is 1. The molecule has 0 saturated carbocycles. The summed E-state index contributed by atoms with van der Waals surface area (Å²) in [6.07, 6.45) is 4.94. The van der Waals surface area contributed by atoms with Crippen LogP contribution in [0.25, 0.3) is 11.7 Å². The van der Waals surface area contributed by atoms with Crippen molar-refractivity contribution in [3.8, 4) is 11.7 Å². The SMILES string of the molecule is C[C@H](Sc1nnc(-c2ccco2)o1)C(=O)Nc1ccc2c(c1)CCC2. The predicted molar refractivity (Wildman–Crippen MR) is 94.4 cm³/mol. The molecule has 2 heterocycles.